The van der Waals surface area contributed by atoms with Crippen molar-refractivity contribution in [1.29, 1.82) is 0 Å². The number of hydrogen-bond acceptors (Lipinski definition) is 5. The fourth-order valence-corrected chi connectivity index (χ4v) is 16.0. The van der Waals surface area contributed by atoms with Gasteiger partial charge in [-0.1, -0.05) is 107 Å². The number of hydrogen-bond donors (Lipinski definition) is 0. The minimum Gasteiger partial charge on any atom is -0.313 e. The first-order valence-electron chi connectivity index (χ1n) is 25.4. The molecule has 0 radical (unpaired) electrons. The Labute approximate surface area is 478 Å². The van der Waals surface area contributed by atoms with Crippen molar-refractivity contribution >= 4 is 63.1 Å². The maximum atomic E-state index is 16.6. The molecule has 0 spiro atoms. The summed E-state index contributed by atoms with van der Waals surface area (Å²) in [6, 6.07) is 14.3. The zero-order valence-corrected chi connectivity index (χ0v) is 47.3. The van der Waals surface area contributed by atoms with E-state index in [-0.39, 0.29) is 9.75 Å². The predicted molar refractivity (Wildman–Crippen MR) is 296 cm³/mol. The molecular formula is C62H39F14OPS4. The highest BCUT2D eigenvalue weighted by atomic mass is 32.1. The van der Waals surface area contributed by atoms with Crippen LogP contribution in [0, 0.1) is 129 Å². The van der Waals surface area contributed by atoms with Gasteiger partial charge in [0.05, 0.1) is 20.4 Å². The Morgan fingerprint density at radius 2 is 0.610 bits per heavy atom. The van der Waals surface area contributed by atoms with Gasteiger partial charge >= 0.3 is 0 Å². The molecule has 8 aromatic rings. The number of benzene rings is 4. The largest absolute Gasteiger partial charge is 0.313 e. The summed E-state index contributed by atoms with van der Waals surface area (Å²) in [5, 5.41) is -2.99. The smallest absolute Gasteiger partial charge is 0.178 e. The Bertz CT molecular complexity index is 3890. The molecule has 0 atom stereocenters. The molecule has 1 nitrogen and oxygen atoms in total. The minimum absolute atomic E-state index is 0.265. The van der Waals surface area contributed by atoms with Gasteiger partial charge in [-0.3, -0.25) is 0 Å². The molecule has 9 rings (SSSR count). The summed E-state index contributed by atoms with van der Waals surface area (Å²) >= 11 is 5.40. The molecule has 5 heterocycles. The Hall–Kier alpha value is -6.83. The second-order valence-electron chi connectivity index (χ2n) is 18.6. The van der Waals surface area contributed by atoms with Crippen molar-refractivity contribution in [3.8, 4) is 78.0 Å². The van der Waals surface area contributed by atoms with Gasteiger partial charge in [0.1, 0.15) is 40.5 Å². The number of unbranched alkanes of at least 4 members (excludes halogenated alkanes) is 6. The molecule has 4 aromatic heterocycles. The highest BCUT2D eigenvalue weighted by molar-refractivity contribution is 7.80. The molecule has 0 unspecified atom stereocenters. The molecule has 0 saturated heterocycles. The third-order valence-corrected chi connectivity index (χ3v) is 21.2. The highest BCUT2D eigenvalue weighted by Gasteiger charge is 2.49. The zero-order chi connectivity index (χ0) is 58.9. The van der Waals surface area contributed by atoms with E-state index in [0.717, 1.165) is 123 Å². The molecule has 420 valence electrons. The Balaban J connectivity index is 0.999. The van der Waals surface area contributed by atoms with Gasteiger partial charge in [0.2, 0.25) is 0 Å². The molecule has 20 heteroatoms. The average Bonchev–Trinajstić information content (AvgIpc) is 2.43. The molecule has 4 aromatic carbocycles. The van der Waals surface area contributed by atoms with Crippen molar-refractivity contribution in [3.63, 3.8) is 0 Å². The second kappa shape index (κ2) is 24.9. The third-order valence-electron chi connectivity index (χ3n) is 13.4. The van der Waals surface area contributed by atoms with E-state index < -0.39 is 150 Å². The van der Waals surface area contributed by atoms with Gasteiger partial charge in [0, 0.05) is 46.6 Å². The number of halogens is 14. The lowest BCUT2D eigenvalue weighted by Gasteiger charge is -2.15. The van der Waals surface area contributed by atoms with Gasteiger partial charge in [0.15, 0.2) is 81.4 Å². The number of fused-ring (bicyclic) bond motifs is 3. The van der Waals surface area contributed by atoms with Crippen LogP contribution < -0.4 is 10.6 Å². The van der Waals surface area contributed by atoms with Crippen molar-refractivity contribution < 1.29 is 66.0 Å². The summed E-state index contributed by atoms with van der Waals surface area (Å²) in [5.41, 5.74) is -13.1. The summed E-state index contributed by atoms with van der Waals surface area (Å²) in [5.74, 6) is -15.7. The maximum absolute atomic E-state index is 16.6. The highest BCUT2D eigenvalue weighted by Crippen LogP contribution is 2.57. The molecule has 0 bridgehead atoms. The van der Waals surface area contributed by atoms with E-state index in [9.17, 15) is 4.57 Å². The van der Waals surface area contributed by atoms with Crippen LogP contribution in [0.2, 0.25) is 0 Å². The summed E-state index contributed by atoms with van der Waals surface area (Å²) in [6.45, 7) is 5.19. The average molecular weight is 1230 g/mol. The number of rotatable bonds is 13. The first kappa shape index (κ1) is 59.8. The number of aryl methyl sites for hydroxylation is 2. The molecule has 1 aliphatic heterocycles. The molecule has 0 N–H and O–H groups in total. The van der Waals surface area contributed by atoms with Crippen LogP contribution >= 0.6 is 52.5 Å². The fourth-order valence-electron chi connectivity index (χ4n) is 9.09. The van der Waals surface area contributed by atoms with Crippen LogP contribution in [0.4, 0.5) is 61.5 Å². The normalized spacial score (nSPS) is 12.0. The predicted octanol–water partition coefficient (Wildman–Crippen LogP) is 18.4. The van der Waals surface area contributed by atoms with Crippen molar-refractivity contribution in [3.05, 3.63) is 183 Å². The van der Waals surface area contributed by atoms with Crippen LogP contribution in [0.3, 0.4) is 0 Å². The summed E-state index contributed by atoms with van der Waals surface area (Å²) < 4.78 is 235. The van der Waals surface area contributed by atoms with E-state index in [2.05, 4.69) is 37.5 Å². The lowest BCUT2D eigenvalue weighted by atomic mass is 9.98. The van der Waals surface area contributed by atoms with Gasteiger partial charge in [0.25, 0.3) is 0 Å². The van der Waals surface area contributed by atoms with Gasteiger partial charge in [-0.05, 0) is 74.2 Å². The van der Waals surface area contributed by atoms with E-state index in [1.165, 1.54) is 35.8 Å². The number of thiophene rings is 4. The van der Waals surface area contributed by atoms with Crippen LogP contribution in [0.1, 0.15) is 125 Å². The van der Waals surface area contributed by atoms with Gasteiger partial charge < -0.3 is 4.57 Å². The third kappa shape index (κ3) is 11.2. The Kier molecular flexibility index (Phi) is 18.2. The van der Waals surface area contributed by atoms with Crippen molar-refractivity contribution in [2.75, 3.05) is 6.16 Å². The van der Waals surface area contributed by atoms with E-state index in [4.69, 9.17) is 0 Å². The molecule has 0 fully saturated rings. The van der Waals surface area contributed by atoms with Crippen LogP contribution in [0.5, 0.6) is 0 Å². The maximum Gasteiger partial charge on any atom is 0.178 e. The van der Waals surface area contributed by atoms with E-state index in [1.54, 1.807) is 34.8 Å². The molecule has 0 amide bonds. The standard InChI is InChI=1S/C62H39F14OPS4/c1-4-7-9-11-13-31-17-27-41(79-31)43-29-19-33(81-43)15-21-35-47(63)51(67)37(52(68)48(35)64)23-25-39-55(71)59(75)45-46-60(76)56(72)40(58(74)62(46)78(77,6-3)61(45)57(39)73)26-24-38-53(69)49(65)36(50(66)54(38)70)22-16-34-20-30-44(82-34)42-28-18-32(80-42)14-12-10-8-5-2/h17-20,27-30H,4-14H2,1-3H3. The topological polar surface area (TPSA) is 17.1 Å². The quantitative estimate of drug-likeness (QED) is 0.0370. The van der Waals surface area contributed by atoms with Crippen molar-refractivity contribution in [1.82, 2.24) is 0 Å². The molecular weight excluding hydrogens is 1190 g/mol. The first-order valence-corrected chi connectivity index (χ1v) is 30.6. The van der Waals surface area contributed by atoms with Gasteiger partial charge in [-0.2, -0.15) is 0 Å². The van der Waals surface area contributed by atoms with Crippen LogP contribution in [-0.2, 0) is 17.4 Å². The monoisotopic (exact) mass is 1220 g/mol. The van der Waals surface area contributed by atoms with E-state index >= 15 is 61.5 Å². The van der Waals surface area contributed by atoms with E-state index in [0.29, 0.717) is 0 Å². The molecule has 0 saturated carbocycles. The second-order valence-corrected chi connectivity index (χ2v) is 26.1. The molecule has 82 heavy (non-hydrogen) atoms. The summed E-state index contributed by atoms with van der Waals surface area (Å²) in [7, 11) is -5.20. The summed E-state index contributed by atoms with van der Waals surface area (Å²) in [6.07, 6.45) is 9.48. The van der Waals surface area contributed by atoms with Gasteiger partial charge in [-0.25, -0.2) is 61.5 Å². The van der Waals surface area contributed by atoms with Crippen molar-refractivity contribution in [2.24, 2.45) is 0 Å². The van der Waals surface area contributed by atoms with Crippen LogP contribution in [-0.4, -0.2) is 6.16 Å². The minimum atomic E-state index is -5.20. The van der Waals surface area contributed by atoms with E-state index in [1.807, 2.05) is 24.3 Å². The lowest BCUT2D eigenvalue weighted by molar-refractivity contribution is 0.447. The van der Waals surface area contributed by atoms with Crippen LogP contribution in [0.25, 0.3) is 30.6 Å². The van der Waals surface area contributed by atoms with Crippen LogP contribution in [0.15, 0.2) is 48.5 Å². The summed E-state index contributed by atoms with van der Waals surface area (Å²) in [4.78, 5) is 6.19. The zero-order valence-electron chi connectivity index (χ0n) is 43.2. The Morgan fingerprint density at radius 1 is 0.329 bits per heavy atom. The molecule has 0 aliphatic carbocycles. The fraction of sp³-hybridized carbons (Fsp3) is 0.226. The molecule has 1 aliphatic rings. The first-order chi connectivity index (χ1) is 39.2. The SMILES string of the molecule is CCCCCCc1ccc(-c2ccc(C#Cc3c(F)c(F)c(C#Cc4c(F)c(F)c5c(c4F)P(=O)(CC)c4c(F)c(C#Cc6c(F)c(F)c(C#Cc7ccc(-c8ccc(CCCCCC)s8)s7)c(F)c6F)c(F)c(F)c4-5)c(F)c3F)s2)s1. The van der Waals surface area contributed by atoms with Crippen molar-refractivity contribution in [2.45, 2.75) is 85.0 Å². The Morgan fingerprint density at radius 3 is 0.927 bits per heavy atom. The van der Waals surface area contributed by atoms with Gasteiger partial charge in [-0.15, -0.1) is 45.3 Å². The lowest BCUT2D eigenvalue weighted by Crippen LogP contribution is -2.21.